The molecule has 0 radical (unpaired) electrons. The monoisotopic (exact) mass is 580 g/mol. The lowest BCUT2D eigenvalue weighted by Crippen LogP contribution is -2.55. The largest absolute Gasteiger partial charge is 0.377 e. The van der Waals surface area contributed by atoms with Crippen LogP contribution >= 0.6 is 0 Å². The van der Waals surface area contributed by atoms with Gasteiger partial charge in [0, 0.05) is 30.8 Å². The van der Waals surface area contributed by atoms with Crippen molar-refractivity contribution >= 4 is 22.7 Å². The standard InChI is InChI=1S/C32H44N4O6/c1-32(2,3)29(31(38)33-4)35-30(37)26(17-8-9-19-40-20-23-12-6-5-7-13-23)27(22-42-36-39)41-21-25-15-10-14-24-16-11-18-34-28(24)25/h5-7,10-16,18,26-27,29,36,39H,8-9,17,19-22H2,1-4H3,(H,33,38)(H,35,37)/t26-,27?,29-/m1/s1. The van der Waals surface area contributed by atoms with Gasteiger partial charge in [-0.15, -0.1) is 0 Å². The number of carbonyl (C=O) groups is 2. The lowest BCUT2D eigenvalue weighted by molar-refractivity contribution is -0.169. The van der Waals surface area contributed by atoms with E-state index < -0.39 is 23.5 Å². The Morgan fingerprint density at radius 2 is 1.71 bits per heavy atom. The number of amides is 2. The van der Waals surface area contributed by atoms with Crippen LogP contribution in [-0.4, -0.2) is 54.4 Å². The minimum absolute atomic E-state index is 0.0998. The second-order valence-corrected chi connectivity index (χ2v) is 11.3. The first-order valence-corrected chi connectivity index (χ1v) is 14.3. The number of likely N-dealkylation sites (N-methyl/N-ethyl adjacent to an activating group) is 1. The molecule has 1 unspecified atom stereocenters. The molecule has 0 saturated carbocycles. The first-order chi connectivity index (χ1) is 20.2. The van der Waals surface area contributed by atoms with Crippen molar-refractivity contribution in [3.05, 3.63) is 78.0 Å². The van der Waals surface area contributed by atoms with Crippen molar-refractivity contribution in [1.82, 2.24) is 21.3 Å². The molecule has 10 nitrogen and oxygen atoms in total. The average molecular weight is 581 g/mol. The highest BCUT2D eigenvalue weighted by atomic mass is 16.8. The molecular formula is C32H44N4O6. The summed E-state index contributed by atoms with van der Waals surface area (Å²) in [5.74, 6) is -1.28. The van der Waals surface area contributed by atoms with Crippen molar-refractivity contribution in [3.8, 4) is 0 Å². The number of nitrogens with one attached hydrogen (secondary N) is 3. The van der Waals surface area contributed by atoms with Gasteiger partial charge in [0.15, 0.2) is 0 Å². The van der Waals surface area contributed by atoms with Gasteiger partial charge in [-0.2, -0.15) is 0 Å². The van der Waals surface area contributed by atoms with E-state index >= 15 is 0 Å². The highest BCUT2D eigenvalue weighted by Crippen LogP contribution is 2.24. The molecule has 0 fully saturated rings. The van der Waals surface area contributed by atoms with Gasteiger partial charge < -0.3 is 20.1 Å². The molecule has 1 heterocycles. The summed E-state index contributed by atoms with van der Waals surface area (Å²) in [4.78, 5) is 36.1. The lowest BCUT2D eigenvalue weighted by atomic mass is 9.85. The lowest BCUT2D eigenvalue weighted by Gasteiger charge is -2.33. The van der Waals surface area contributed by atoms with E-state index in [1.807, 2.05) is 81.4 Å². The zero-order chi connectivity index (χ0) is 30.4. The predicted octanol–water partition coefficient (Wildman–Crippen LogP) is 4.31. The Labute approximate surface area is 248 Å². The molecule has 0 aliphatic heterocycles. The van der Waals surface area contributed by atoms with E-state index in [9.17, 15) is 14.8 Å². The fourth-order valence-electron chi connectivity index (χ4n) is 4.77. The Hall–Kier alpha value is -3.41. The maximum Gasteiger partial charge on any atom is 0.242 e. The fraction of sp³-hybridized carbons (Fsp3) is 0.469. The number of benzene rings is 2. The molecule has 1 aromatic heterocycles. The van der Waals surface area contributed by atoms with Crippen molar-refractivity contribution in [1.29, 1.82) is 0 Å². The summed E-state index contributed by atoms with van der Waals surface area (Å²) < 4.78 is 12.1. The normalized spacial score (nSPS) is 13.8. The quantitative estimate of drug-likeness (QED) is 0.137. The molecule has 0 aliphatic carbocycles. The third kappa shape index (κ3) is 10.1. The number of para-hydroxylation sites is 1. The summed E-state index contributed by atoms with van der Waals surface area (Å²) in [5, 5.41) is 15.8. The summed E-state index contributed by atoms with van der Waals surface area (Å²) in [7, 11) is 1.55. The molecule has 2 aromatic carbocycles. The number of hydrogen-bond acceptors (Lipinski definition) is 8. The summed E-state index contributed by atoms with van der Waals surface area (Å²) in [6.45, 7) is 6.82. The van der Waals surface area contributed by atoms with E-state index in [4.69, 9.17) is 14.3 Å². The number of pyridine rings is 1. The van der Waals surface area contributed by atoms with Crippen molar-refractivity contribution in [2.24, 2.45) is 11.3 Å². The van der Waals surface area contributed by atoms with Gasteiger partial charge in [-0.25, -0.2) is 0 Å². The predicted molar refractivity (Wildman–Crippen MR) is 160 cm³/mol. The van der Waals surface area contributed by atoms with Crippen molar-refractivity contribution in [2.45, 2.75) is 65.4 Å². The molecule has 0 saturated heterocycles. The van der Waals surface area contributed by atoms with Crippen LogP contribution in [0.4, 0.5) is 0 Å². The van der Waals surface area contributed by atoms with E-state index in [-0.39, 0.29) is 25.0 Å². The Morgan fingerprint density at radius 3 is 2.43 bits per heavy atom. The number of fused-ring (bicyclic) bond motifs is 1. The first-order valence-electron chi connectivity index (χ1n) is 14.3. The van der Waals surface area contributed by atoms with Crippen LogP contribution in [-0.2, 0) is 37.1 Å². The topological polar surface area (TPSA) is 131 Å². The third-order valence-corrected chi connectivity index (χ3v) is 7.09. The van der Waals surface area contributed by atoms with Crippen molar-refractivity contribution < 1.29 is 29.1 Å². The molecule has 0 bridgehead atoms. The van der Waals surface area contributed by atoms with E-state index in [2.05, 4.69) is 15.6 Å². The highest BCUT2D eigenvalue weighted by Gasteiger charge is 2.36. The Balaban J connectivity index is 1.74. The average Bonchev–Trinajstić information content (AvgIpc) is 2.99. The van der Waals surface area contributed by atoms with Crippen LogP contribution in [0.25, 0.3) is 10.9 Å². The van der Waals surface area contributed by atoms with Gasteiger partial charge in [0.05, 0.1) is 37.4 Å². The van der Waals surface area contributed by atoms with Gasteiger partial charge in [0.25, 0.3) is 0 Å². The highest BCUT2D eigenvalue weighted by molar-refractivity contribution is 5.89. The van der Waals surface area contributed by atoms with Gasteiger partial charge >= 0.3 is 0 Å². The molecule has 42 heavy (non-hydrogen) atoms. The van der Waals surface area contributed by atoms with E-state index in [1.165, 1.54) is 0 Å². The number of carbonyl (C=O) groups excluding carboxylic acids is 2. The molecular weight excluding hydrogens is 536 g/mol. The number of unbranched alkanes of at least 4 members (excludes halogenated alkanes) is 1. The van der Waals surface area contributed by atoms with Crippen molar-refractivity contribution in [2.75, 3.05) is 20.3 Å². The van der Waals surface area contributed by atoms with Gasteiger partial charge in [0.1, 0.15) is 6.04 Å². The van der Waals surface area contributed by atoms with E-state index in [1.54, 1.807) is 18.9 Å². The van der Waals surface area contributed by atoms with Crippen LogP contribution in [0.5, 0.6) is 0 Å². The van der Waals surface area contributed by atoms with Crippen LogP contribution in [0.15, 0.2) is 66.9 Å². The van der Waals surface area contributed by atoms with Crippen LogP contribution < -0.4 is 16.3 Å². The molecule has 3 atom stereocenters. The summed E-state index contributed by atoms with van der Waals surface area (Å²) in [6.07, 6.45) is 2.85. The second kappa shape index (κ2) is 16.9. The molecule has 0 spiro atoms. The van der Waals surface area contributed by atoms with Crippen LogP contribution in [0.3, 0.4) is 0 Å². The zero-order valence-corrected chi connectivity index (χ0v) is 25.0. The van der Waals surface area contributed by atoms with Crippen LogP contribution in [0.2, 0.25) is 0 Å². The maximum atomic E-state index is 13.8. The fourth-order valence-corrected chi connectivity index (χ4v) is 4.77. The molecule has 3 rings (SSSR count). The maximum absolute atomic E-state index is 13.8. The minimum atomic E-state index is -0.758. The molecule has 228 valence electrons. The first kappa shape index (κ1) is 33.1. The van der Waals surface area contributed by atoms with Gasteiger partial charge in [0.2, 0.25) is 11.8 Å². The number of rotatable bonds is 17. The van der Waals surface area contributed by atoms with Crippen LogP contribution in [0.1, 0.15) is 51.2 Å². The van der Waals surface area contributed by atoms with Crippen molar-refractivity contribution in [3.63, 3.8) is 0 Å². The Morgan fingerprint density at radius 1 is 0.952 bits per heavy atom. The number of hydrogen-bond donors (Lipinski definition) is 4. The summed E-state index contributed by atoms with van der Waals surface area (Å²) in [6, 6.07) is 18.9. The van der Waals surface area contributed by atoms with Gasteiger partial charge in [-0.1, -0.05) is 87.4 Å². The number of ether oxygens (including phenoxy) is 2. The molecule has 4 N–H and O–H groups in total. The Kier molecular flexibility index (Phi) is 13.3. The Bertz CT molecular complexity index is 1250. The smallest absolute Gasteiger partial charge is 0.242 e. The molecule has 2 amide bonds. The second-order valence-electron chi connectivity index (χ2n) is 11.3. The third-order valence-electron chi connectivity index (χ3n) is 7.09. The summed E-state index contributed by atoms with van der Waals surface area (Å²) in [5.41, 5.74) is 3.95. The van der Waals surface area contributed by atoms with Gasteiger partial charge in [-0.3, -0.25) is 24.6 Å². The number of aromatic nitrogens is 1. The number of nitrogens with zero attached hydrogens (tertiary/aromatic N) is 1. The van der Waals surface area contributed by atoms with E-state index in [0.717, 1.165) is 28.5 Å². The zero-order valence-electron chi connectivity index (χ0n) is 25.0. The van der Waals surface area contributed by atoms with E-state index in [0.29, 0.717) is 26.1 Å². The minimum Gasteiger partial charge on any atom is -0.377 e. The molecule has 10 heteroatoms. The SMILES string of the molecule is CNC(=O)[C@@H](NC(=O)[C@H](CCCCOCc1ccccc1)C(CONO)OCc1cccc2cccnc12)C(C)(C)C. The summed E-state index contributed by atoms with van der Waals surface area (Å²) >= 11 is 0. The van der Waals surface area contributed by atoms with Crippen LogP contribution in [0, 0.1) is 11.3 Å². The molecule has 3 aromatic rings. The van der Waals surface area contributed by atoms with Gasteiger partial charge in [-0.05, 0) is 29.9 Å². The molecule has 0 aliphatic rings.